The topological polar surface area (TPSA) is 81.6 Å². The third-order valence-corrected chi connectivity index (χ3v) is 4.74. The number of guanidine groups is 1. The summed E-state index contributed by atoms with van der Waals surface area (Å²) in [5, 5.41) is 6.35. The minimum absolute atomic E-state index is 0. The van der Waals surface area contributed by atoms with Crippen LogP contribution in [0, 0.1) is 0 Å². The van der Waals surface area contributed by atoms with E-state index in [2.05, 4.69) is 40.4 Å². The van der Waals surface area contributed by atoms with Gasteiger partial charge in [-0.15, -0.1) is 24.0 Å². The number of aliphatic imine (C=N–C) groups is 1. The van der Waals surface area contributed by atoms with Crippen LogP contribution >= 0.6 is 24.0 Å². The van der Waals surface area contributed by atoms with Crippen LogP contribution in [-0.4, -0.2) is 71.6 Å². The predicted octanol–water partition coefficient (Wildman–Crippen LogP) is 3.10. The maximum atomic E-state index is 12.6. The van der Waals surface area contributed by atoms with Gasteiger partial charge in [-0.2, -0.15) is 13.2 Å². The van der Waals surface area contributed by atoms with Crippen molar-refractivity contribution in [2.75, 3.05) is 56.0 Å². The lowest BCUT2D eigenvalue weighted by molar-refractivity contribution is -0.137. The number of hydrogen-bond acceptors (Lipinski definition) is 6. The van der Waals surface area contributed by atoms with Crippen molar-refractivity contribution in [3.63, 3.8) is 0 Å². The van der Waals surface area contributed by atoms with E-state index in [0.29, 0.717) is 18.9 Å². The average molecular weight is 564 g/mol. The first-order valence-corrected chi connectivity index (χ1v) is 10.3. The van der Waals surface area contributed by atoms with Gasteiger partial charge in [-0.3, -0.25) is 4.99 Å². The van der Waals surface area contributed by atoms with Gasteiger partial charge in [-0.05, 0) is 31.5 Å². The molecular weight excluding hydrogens is 536 g/mol. The molecule has 12 heteroatoms. The molecule has 3 heterocycles. The molecule has 1 aliphatic rings. The maximum Gasteiger partial charge on any atom is 0.417 e. The van der Waals surface area contributed by atoms with Crippen LogP contribution in [0.5, 0.6) is 0 Å². The summed E-state index contributed by atoms with van der Waals surface area (Å²) in [6.45, 7) is 7.23. The van der Waals surface area contributed by atoms with E-state index >= 15 is 0 Å². The van der Waals surface area contributed by atoms with E-state index < -0.39 is 11.7 Å². The molecule has 0 unspecified atom stereocenters. The Bertz CT molecular complexity index is 825. The number of halogens is 4. The molecule has 2 N–H and O–H groups in total. The maximum absolute atomic E-state index is 12.6. The van der Waals surface area contributed by atoms with Gasteiger partial charge in [0.1, 0.15) is 5.82 Å². The molecule has 0 saturated carbocycles. The van der Waals surface area contributed by atoms with Crippen molar-refractivity contribution in [3.8, 4) is 0 Å². The number of pyridine rings is 1. The second-order valence-corrected chi connectivity index (χ2v) is 6.97. The molecule has 0 atom stereocenters. The second kappa shape index (κ2) is 12.6. The normalized spacial score (nSPS) is 14.7. The van der Waals surface area contributed by atoms with Gasteiger partial charge in [0.2, 0.25) is 5.95 Å². The molecule has 1 aliphatic heterocycles. The molecule has 32 heavy (non-hydrogen) atoms. The minimum Gasteiger partial charge on any atom is -0.370 e. The molecule has 0 radical (unpaired) electrons. The fourth-order valence-corrected chi connectivity index (χ4v) is 3.15. The summed E-state index contributed by atoms with van der Waals surface area (Å²) in [5.41, 5.74) is -0.753. The van der Waals surface area contributed by atoms with Gasteiger partial charge in [0.05, 0.1) is 5.56 Å². The van der Waals surface area contributed by atoms with Crippen LogP contribution in [0.25, 0.3) is 0 Å². The highest BCUT2D eigenvalue weighted by Crippen LogP contribution is 2.28. The molecule has 176 valence electrons. The average Bonchev–Trinajstić information content (AvgIpc) is 2.78. The monoisotopic (exact) mass is 564 g/mol. The summed E-state index contributed by atoms with van der Waals surface area (Å²) in [6.07, 6.45) is 0.685. The number of rotatable bonds is 7. The highest BCUT2D eigenvalue weighted by Gasteiger charge is 2.30. The fourth-order valence-electron chi connectivity index (χ4n) is 3.15. The number of anilines is 2. The fraction of sp³-hybridized carbons (Fsp3) is 0.500. The van der Waals surface area contributed by atoms with E-state index in [9.17, 15) is 13.2 Å². The molecule has 0 amide bonds. The molecule has 1 saturated heterocycles. The van der Waals surface area contributed by atoms with Crippen LogP contribution in [0.4, 0.5) is 24.9 Å². The van der Waals surface area contributed by atoms with Crippen LogP contribution < -0.4 is 15.5 Å². The van der Waals surface area contributed by atoms with E-state index in [1.165, 1.54) is 6.07 Å². The van der Waals surface area contributed by atoms with Crippen LogP contribution in [0.3, 0.4) is 0 Å². The first-order chi connectivity index (χ1) is 15.0. The largest absolute Gasteiger partial charge is 0.417 e. The third kappa shape index (κ3) is 7.64. The van der Waals surface area contributed by atoms with Crippen LogP contribution in [0.1, 0.15) is 18.9 Å². The number of hydrogen-bond donors (Lipinski definition) is 2. The van der Waals surface area contributed by atoms with Crippen molar-refractivity contribution in [3.05, 3.63) is 42.4 Å². The second-order valence-electron chi connectivity index (χ2n) is 6.97. The van der Waals surface area contributed by atoms with Crippen molar-refractivity contribution in [2.24, 2.45) is 4.99 Å². The van der Waals surface area contributed by atoms with Crippen molar-refractivity contribution < 1.29 is 13.2 Å². The van der Waals surface area contributed by atoms with E-state index in [-0.39, 0.29) is 24.0 Å². The first-order valence-electron chi connectivity index (χ1n) is 10.3. The molecule has 0 bridgehead atoms. The number of nitrogens with zero attached hydrogens (tertiary/aromatic N) is 6. The van der Waals surface area contributed by atoms with Gasteiger partial charge in [0.25, 0.3) is 0 Å². The Hall–Kier alpha value is -2.38. The zero-order valence-electron chi connectivity index (χ0n) is 17.8. The van der Waals surface area contributed by atoms with E-state index in [1.54, 1.807) is 18.5 Å². The summed E-state index contributed by atoms with van der Waals surface area (Å²) >= 11 is 0. The Labute approximate surface area is 202 Å². The molecule has 3 rings (SSSR count). The highest BCUT2D eigenvalue weighted by atomic mass is 127. The Balaban J connectivity index is 0.00000363. The smallest absolute Gasteiger partial charge is 0.370 e. The molecule has 8 nitrogen and oxygen atoms in total. The van der Waals surface area contributed by atoms with Gasteiger partial charge in [-0.25, -0.2) is 15.0 Å². The highest BCUT2D eigenvalue weighted by molar-refractivity contribution is 14.0. The summed E-state index contributed by atoms with van der Waals surface area (Å²) in [6, 6.07) is 4.17. The third-order valence-electron chi connectivity index (χ3n) is 4.74. The molecule has 1 fully saturated rings. The van der Waals surface area contributed by atoms with Gasteiger partial charge < -0.3 is 20.4 Å². The Morgan fingerprint density at radius 1 is 1.09 bits per heavy atom. The molecule has 0 spiro atoms. The van der Waals surface area contributed by atoms with Crippen LogP contribution in [-0.2, 0) is 6.18 Å². The van der Waals surface area contributed by atoms with E-state index in [0.717, 1.165) is 63.3 Å². The lowest BCUT2D eigenvalue weighted by atomic mass is 10.3. The van der Waals surface area contributed by atoms with Crippen molar-refractivity contribution in [1.29, 1.82) is 0 Å². The minimum atomic E-state index is -4.37. The number of aromatic nitrogens is 3. The lowest BCUT2D eigenvalue weighted by Gasteiger charge is -2.36. The van der Waals surface area contributed by atoms with Crippen molar-refractivity contribution in [2.45, 2.75) is 19.5 Å². The molecule has 0 aromatic carbocycles. The SMILES string of the molecule is CCNC(=NCCCNc1ccc(C(F)(F)F)cn1)N1CCN(c2ncccn2)CC1.I. The Morgan fingerprint density at radius 3 is 2.41 bits per heavy atom. The van der Waals surface area contributed by atoms with Gasteiger partial charge in [0, 0.05) is 64.4 Å². The Morgan fingerprint density at radius 2 is 1.81 bits per heavy atom. The number of nitrogens with one attached hydrogen (secondary N) is 2. The summed E-state index contributed by atoms with van der Waals surface area (Å²) in [4.78, 5) is 21.5. The zero-order chi connectivity index (χ0) is 22.1. The zero-order valence-corrected chi connectivity index (χ0v) is 20.2. The van der Waals surface area contributed by atoms with Gasteiger partial charge in [0.15, 0.2) is 5.96 Å². The standard InChI is InChI=1S/C20H27F3N8.HI/c1-2-24-18(30-11-13-31(14-12-30)19-27-9-4-10-28-19)26-8-3-7-25-17-6-5-16(15-29-17)20(21,22)23;/h4-6,9-10,15H,2-3,7-8,11-14H2,1H3,(H,24,26)(H,25,29);1H. The molecule has 2 aromatic rings. The van der Waals surface area contributed by atoms with E-state index in [4.69, 9.17) is 0 Å². The summed E-state index contributed by atoms with van der Waals surface area (Å²) in [7, 11) is 0. The first kappa shape index (κ1) is 25.9. The van der Waals surface area contributed by atoms with Crippen LogP contribution in [0.2, 0.25) is 0 Å². The van der Waals surface area contributed by atoms with Gasteiger partial charge >= 0.3 is 6.18 Å². The summed E-state index contributed by atoms with van der Waals surface area (Å²) in [5.74, 6) is 2.03. The van der Waals surface area contributed by atoms with Crippen molar-refractivity contribution in [1.82, 2.24) is 25.2 Å². The molecule has 0 aliphatic carbocycles. The van der Waals surface area contributed by atoms with Crippen LogP contribution in [0.15, 0.2) is 41.8 Å². The quantitative estimate of drug-likeness (QED) is 0.232. The Kier molecular flexibility index (Phi) is 10.2. The lowest BCUT2D eigenvalue weighted by Crippen LogP contribution is -2.53. The molecular formula is C20H28F3IN8. The predicted molar refractivity (Wildman–Crippen MR) is 130 cm³/mol. The molecule has 2 aromatic heterocycles. The van der Waals surface area contributed by atoms with E-state index in [1.807, 2.05) is 6.92 Å². The van der Waals surface area contributed by atoms with Crippen molar-refractivity contribution >= 4 is 41.7 Å². The number of piperazine rings is 1. The number of alkyl halides is 3. The van der Waals surface area contributed by atoms with Gasteiger partial charge in [-0.1, -0.05) is 0 Å². The summed E-state index contributed by atoms with van der Waals surface area (Å²) < 4.78 is 37.7.